The molecule has 1 saturated heterocycles. The van der Waals surface area contributed by atoms with Crippen molar-refractivity contribution in [1.29, 1.82) is 0 Å². The molecular formula is C23H30NO3SY-. The van der Waals surface area contributed by atoms with E-state index in [0.29, 0.717) is 0 Å². The molecule has 0 spiro atoms. The van der Waals surface area contributed by atoms with E-state index in [1.807, 2.05) is 30.3 Å². The Kier molecular flexibility index (Phi) is 10.5. The van der Waals surface area contributed by atoms with E-state index in [-0.39, 0.29) is 51.1 Å². The first kappa shape index (κ1) is 24.7. The van der Waals surface area contributed by atoms with Crippen molar-refractivity contribution in [2.24, 2.45) is 0 Å². The van der Waals surface area contributed by atoms with Crippen LogP contribution >= 0.6 is 11.3 Å². The van der Waals surface area contributed by atoms with Gasteiger partial charge in [0.2, 0.25) is 5.91 Å². The summed E-state index contributed by atoms with van der Waals surface area (Å²) in [6.07, 6.45) is 5.78. The zero-order chi connectivity index (χ0) is 19.9. The largest absolute Gasteiger partial charge is 0.390 e. The molecule has 2 aromatic rings. The first-order chi connectivity index (χ1) is 13.6. The number of anilines is 1. The minimum absolute atomic E-state index is 0. The number of hydrogen-bond acceptors (Lipinski definition) is 4. The van der Waals surface area contributed by atoms with Crippen LogP contribution in [0.25, 0.3) is 0 Å². The minimum Gasteiger partial charge on any atom is -0.390 e. The second-order valence-electron chi connectivity index (χ2n) is 7.62. The summed E-state index contributed by atoms with van der Waals surface area (Å²) in [5.41, 5.74) is 1.69. The molecule has 0 bridgehead atoms. The van der Waals surface area contributed by atoms with Gasteiger partial charge in [0.1, 0.15) is 0 Å². The molecule has 3 rings (SSSR count). The number of benzene rings is 1. The van der Waals surface area contributed by atoms with Gasteiger partial charge in [0, 0.05) is 38.4 Å². The van der Waals surface area contributed by atoms with Crippen molar-refractivity contribution in [1.82, 2.24) is 0 Å². The molecule has 1 fully saturated rings. The molecule has 6 heteroatoms. The third-order valence-corrected chi connectivity index (χ3v) is 6.37. The van der Waals surface area contributed by atoms with Gasteiger partial charge in [-0.25, -0.2) is 6.07 Å². The molecule has 29 heavy (non-hydrogen) atoms. The maximum Gasteiger partial charge on any atom is 0.230 e. The fraction of sp³-hybridized carbons (Fsp3) is 0.522. The van der Waals surface area contributed by atoms with Crippen molar-refractivity contribution < 1.29 is 47.7 Å². The van der Waals surface area contributed by atoms with Crippen LogP contribution in [-0.4, -0.2) is 28.3 Å². The van der Waals surface area contributed by atoms with E-state index in [1.54, 1.807) is 16.2 Å². The van der Waals surface area contributed by atoms with E-state index in [4.69, 9.17) is 0 Å². The summed E-state index contributed by atoms with van der Waals surface area (Å²) in [5.74, 6) is -0.0294. The fourth-order valence-corrected chi connectivity index (χ4v) is 4.60. The summed E-state index contributed by atoms with van der Waals surface area (Å²) >= 11 is 1.62. The van der Waals surface area contributed by atoms with Gasteiger partial charge in [-0.15, -0.1) is 10.3 Å². The topological polar surface area (TPSA) is 60.8 Å². The minimum atomic E-state index is -0.623. The van der Waals surface area contributed by atoms with Gasteiger partial charge in [-0.05, 0) is 30.5 Å². The summed E-state index contributed by atoms with van der Waals surface area (Å²) in [5, 5.41) is 23.8. The van der Waals surface area contributed by atoms with E-state index in [2.05, 4.69) is 18.4 Å². The van der Waals surface area contributed by atoms with Gasteiger partial charge in [0.15, 0.2) is 0 Å². The zero-order valence-electron chi connectivity index (χ0n) is 17.1. The molecule has 1 radical (unpaired) electrons. The number of unbranched alkanes of at least 4 members (excludes halogenated alkanes) is 2. The van der Waals surface area contributed by atoms with E-state index < -0.39 is 12.2 Å². The van der Waals surface area contributed by atoms with Gasteiger partial charge in [-0.1, -0.05) is 51.2 Å². The molecule has 1 unspecified atom stereocenters. The predicted octanol–water partition coefficient (Wildman–Crippen LogP) is 4.65. The summed E-state index contributed by atoms with van der Waals surface area (Å²) < 4.78 is 0. The van der Waals surface area contributed by atoms with Crippen molar-refractivity contribution >= 4 is 22.9 Å². The van der Waals surface area contributed by atoms with Crippen LogP contribution in [0.1, 0.15) is 68.4 Å². The average molecular weight is 489 g/mol. The van der Waals surface area contributed by atoms with E-state index in [9.17, 15) is 15.0 Å². The quantitative estimate of drug-likeness (QED) is 0.378. The number of thiophene rings is 1. The van der Waals surface area contributed by atoms with E-state index in [1.165, 1.54) is 4.88 Å². The SMILES string of the molecule is CCCCCC(O)c1ccc(N2C(=O)C[C@H](O)[C@@H]2CCCc2cc[c-]s2)cc1.[Y]. The van der Waals surface area contributed by atoms with Crippen molar-refractivity contribution in [2.75, 3.05) is 4.90 Å². The monoisotopic (exact) mass is 489 g/mol. The Labute approximate surface area is 203 Å². The van der Waals surface area contributed by atoms with Crippen molar-refractivity contribution in [3.63, 3.8) is 0 Å². The molecule has 3 atom stereocenters. The maximum atomic E-state index is 12.5. The van der Waals surface area contributed by atoms with Crippen LogP contribution in [-0.2, 0) is 43.9 Å². The first-order valence-electron chi connectivity index (χ1n) is 10.3. The third kappa shape index (κ3) is 6.70. The van der Waals surface area contributed by atoms with Gasteiger partial charge in [-0.2, -0.15) is 6.07 Å². The summed E-state index contributed by atoms with van der Waals surface area (Å²) in [6, 6.07) is 11.4. The number of amides is 1. The van der Waals surface area contributed by atoms with Crippen LogP contribution < -0.4 is 4.90 Å². The van der Waals surface area contributed by atoms with Gasteiger partial charge < -0.3 is 26.4 Å². The van der Waals surface area contributed by atoms with Crippen LogP contribution in [0.3, 0.4) is 0 Å². The summed E-state index contributed by atoms with van der Waals surface area (Å²) in [4.78, 5) is 15.5. The van der Waals surface area contributed by atoms with Gasteiger partial charge >= 0.3 is 0 Å². The normalized spacial score (nSPS) is 20.0. The maximum absolute atomic E-state index is 12.5. The molecule has 1 amide bonds. The number of aryl methyl sites for hydroxylation is 1. The standard InChI is InChI=1S/C23H30NO3S.Y/c1-2-3-4-10-21(25)17-11-13-18(14-12-17)24-20(22(26)16-23(24)27)9-5-7-19-8-6-15-28-19;/h6,8,11-14,20-22,25-26H,2-5,7,9-10,16H2,1H3;/q-1;/t20-,21?,22-;/m0./s1. The predicted molar refractivity (Wildman–Crippen MR) is 114 cm³/mol. The Bertz CT molecular complexity index is 735. The van der Waals surface area contributed by atoms with E-state index >= 15 is 0 Å². The third-order valence-electron chi connectivity index (χ3n) is 5.52. The van der Waals surface area contributed by atoms with Gasteiger partial charge in [-0.3, -0.25) is 4.79 Å². The Balaban J connectivity index is 0.00000300. The van der Waals surface area contributed by atoms with Crippen molar-refractivity contribution in [3.05, 3.63) is 52.2 Å². The number of carbonyl (C=O) groups is 1. The number of hydrogen-bond donors (Lipinski definition) is 2. The summed E-state index contributed by atoms with van der Waals surface area (Å²) in [6.45, 7) is 2.15. The Morgan fingerprint density at radius 1 is 1.21 bits per heavy atom. The fourth-order valence-electron chi connectivity index (χ4n) is 3.93. The second-order valence-corrected chi connectivity index (χ2v) is 8.58. The van der Waals surface area contributed by atoms with Crippen LogP contribution in [0.2, 0.25) is 0 Å². The molecule has 155 valence electrons. The Morgan fingerprint density at radius 3 is 2.62 bits per heavy atom. The summed E-state index contributed by atoms with van der Waals surface area (Å²) in [7, 11) is 0. The van der Waals surface area contributed by atoms with Crippen LogP contribution in [0.5, 0.6) is 0 Å². The van der Waals surface area contributed by atoms with Crippen LogP contribution in [0.15, 0.2) is 36.4 Å². The average Bonchev–Trinajstić information content (AvgIpc) is 3.30. The molecule has 1 aromatic carbocycles. The number of aliphatic hydroxyl groups excluding tert-OH is 2. The molecule has 2 N–H and O–H groups in total. The Morgan fingerprint density at radius 2 is 1.97 bits per heavy atom. The molecule has 0 saturated carbocycles. The molecule has 4 nitrogen and oxygen atoms in total. The molecule has 1 aliphatic heterocycles. The molecule has 2 heterocycles. The number of nitrogens with zero attached hydrogens (tertiary/aromatic N) is 1. The molecule has 1 aliphatic rings. The first-order valence-corrected chi connectivity index (χ1v) is 11.1. The number of rotatable bonds is 10. The number of carbonyl (C=O) groups excluding carboxylic acids is 1. The van der Waals surface area contributed by atoms with Crippen molar-refractivity contribution in [3.8, 4) is 0 Å². The number of aliphatic hydroxyl groups is 2. The smallest absolute Gasteiger partial charge is 0.230 e. The zero-order valence-corrected chi connectivity index (χ0v) is 20.7. The molecular weight excluding hydrogens is 459 g/mol. The second kappa shape index (κ2) is 12.3. The van der Waals surface area contributed by atoms with Crippen LogP contribution in [0.4, 0.5) is 5.69 Å². The molecule has 0 aliphatic carbocycles. The Hall–Kier alpha value is -0.586. The van der Waals surface area contributed by atoms with Crippen LogP contribution in [0, 0.1) is 5.38 Å². The molecule has 1 aromatic heterocycles. The van der Waals surface area contributed by atoms with Gasteiger partial charge in [0.05, 0.1) is 24.7 Å². The van der Waals surface area contributed by atoms with E-state index in [0.717, 1.165) is 56.2 Å². The van der Waals surface area contributed by atoms with Crippen molar-refractivity contribution in [2.45, 2.75) is 76.5 Å². The van der Waals surface area contributed by atoms with Gasteiger partial charge in [0.25, 0.3) is 0 Å².